The molecule has 1 aliphatic carbocycles. The van der Waals surface area contributed by atoms with Gasteiger partial charge in [0, 0.05) is 22.5 Å². The average Bonchev–Trinajstić information content (AvgIpc) is 2.99. The van der Waals surface area contributed by atoms with Gasteiger partial charge in [0.25, 0.3) is 0 Å². The van der Waals surface area contributed by atoms with Crippen molar-refractivity contribution in [3.05, 3.63) is 34.3 Å². The Labute approximate surface area is 93.6 Å². The van der Waals surface area contributed by atoms with Crippen LogP contribution in [0, 0.1) is 0 Å². The Morgan fingerprint density at radius 3 is 2.87 bits per heavy atom. The van der Waals surface area contributed by atoms with E-state index in [0.29, 0.717) is 6.54 Å². The Morgan fingerprint density at radius 1 is 1.33 bits per heavy atom. The van der Waals surface area contributed by atoms with Gasteiger partial charge in [0.2, 0.25) is 0 Å². The molecular weight excluding hydrogens is 210 g/mol. The summed E-state index contributed by atoms with van der Waals surface area (Å²) in [6, 6.07) is 5.64. The smallest absolute Gasteiger partial charge is 0.176 e. The van der Waals surface area contributed by atoms with Crippen LogP contribution in [0.2, 0.25) is 5.02 Å². The van der Waals surface area contributed by atoms with Crippen molar-refractivity contribution < 1.29 is 4.79 Å². The van der Waals surface area contributed by atoms with Crippen molar-refractivity contribution in [3.63, 3.8) is 0 Å². The van der Waals surface area contributed by atoms with Crippen LogP contribution in [0.15, 0.2) is 18.2 Å². The lowest BCUT2D eigenvalue weighted by Gasteiger charge is -2.15. The van der Waals surface area contributed by atoms with Gasteiger partial charge in [-0.15, -0.1) is 0 Å². The topological polar surface area (TPSA) is 29.1 Å². The molecule has 1 aromatic rings. The molecule has 1 spiro atoms. The molecule has 1 heterocycles. The van der Waals surface area contributed by atoms with E-state index >= 15 is 0 Å². The molecule has 0 atom stereocenters. The van der Waals surface area contributed by atoms with Gasteiger partial charge in [0.15, 0.2) is 5.78 Å². The first-order valence-electron chi connectivity index (χ1n) is 5.25. The van der Waals surface area contributed by atoms with Crippen LogP contribution in [0.25, 0.3) is 0 Å². The maximum atomic E-state index is 11.8. The Morgan fingerprint density at radius 2 is 2.13 bits per heavy atom. The SMILES string of the molecule is O=C1CNCC2(CC2)c2cc(Cl)ccc21. The zero-order valence-corrected chi connectivity index (χ0v) is 9.10. The predicted molar refractivity (Wildman–Crippen MR) is 59.6 cm³/mol. The second-order valence-electron chi connectivity index (χ2n) is 4.50. The highest BCUT2D eigenvalue weighted by Crippen LogP contribution is 2.50. The maximum absolute atomic E-state index is 11.8. The first-order valence-corrected chi connectivity index (χ1v) is 5.63. The number of rotatable bonds is 0. The van der Waals surface area contributed by atoms with E-state index in [1.54, 1.807) is 6.07 Å². The third-order valence-electron chi connectivity index (χ3n) is 3.46. The quantitative estimate of drug-likeness (QED) is 0.728. The van der Waals surface area contributed by atoms with Crippen LogP contribution in [-0.4, -0.2) is 18.9 Å². The van der Waals surface area contributed by atoms with Gasteiger partial charge in [-0.2, -0.15) is 0 Å². The average molecular weight is 222 g/mol. The minimum atomic E-state index is 0.186. The Balaban J connectivity index is 2.20. The van der Waals surface area contributed by atoms with Crippen LogP contribution in [0.4, 0.5) is 0 Å². The highest BCUT2D eigenvalue weighted by molar-refractivity contribution is 6.30. The van der Waals surface area contributed by atoms with Gasteiger partial charge in [-0.05, 0) is 36.6 Å². The third kappa shape index (κ3) is 1.40. The van der Waals surface area contributed by atoms with Crippen molar-refractivity contribution in [2.45, 2.75) is 18.3 Å². The minimum absolute atomic E-state index is 0.186. The molecule has 1 aliphatic heterocycles. The van der Waals surface area contributed by atoms with E-state index in [2.05, 4.69) is 5.32 Å². The fraction of sp³-hybridized carbons (Fsp3) is 0.417. The normalized spacial score (nSPS) is 22.3. The summed E-state index contributed by atoms with van der Waals surface area (Å²) in [6.07, 6.45) is 2.33. The number of ketones is 1. The Hall–Kier alpha value is -0.860. The molecule has 78 valence electrons. The van der Waals surface area contributed by atoms with E-state index in [9.17, 15) is 4.79 Å². The standard InChI is InChI=1S/C12H12ClNO/c13-8-1-2-9-10(5-8)12(3-4-12)7-14-6-11(9)15/h1-2,5,14H,3-4,6-7H2. The van der Waals surface area contributed by atoms with Crippen LogP contribution in [0.3, 0.4) is 0 Å². The van der Waals surface area contributed by atoms with Crippen LogP contribution >= 0.6 is 11.6 Å². The molecule has 1 saturated carbocycles. The molecule has 1 N–H and O–H groups in total. The zero-order chi connectivity index (χ0) is 10.5. The maximum Gasteiger partial charge on any atom is 0.176 e. The largest absolute Gasteiger partial charge is 0.309 e. The summed E-state index contributed by atoms with van der Waals surface area (Å²) in [5.41, 5.74) is 2.22. The molecule has 2 nitrogen and oxygen atoms in total. The first-order chi connectivity index (χ1) is 7.21. The number of Topliss-reactive ketones (excluding diaryl/α,β-unsaturated/α-hetero) is 1. The van der Waals surface area contributed by atoms with E-state index in [1.165, 1.54) is 12.8 Å². The predicted octanol–water partition coefficient (Wildman–Crippen LogP) is 2.16. The molecule has 2 aliphatic rings. The fourth-order valence-electron chi connectivity index (χ4n) is 2.40. The Bertz CT molecular complexity index is 437. The summed E-state index contributed by atoms with van der Waals surface area (Å²) in [7, 11) is 0. The zero-order valence-electron chi connectivity index (χ0n) is 8.35. The molecule has 0 unspecified atom stereocenters. The molecule has 0 amide bonds. The van der Waals surface area contributed by atoms with E-state index in [4.69, 9.17) is 11.6 Å². The molecule has 3 rings (SSSR count). The lowest BCUT2D eigenvalue weighted by Crippen LogP contribution is -2.26. The number of hydrogen-bond donors (Lipinski definition) is 1. The van der Waals surface area contributed by atoms with Gasteiger partial charge in [-0.3, -0.25) is 4.79 Å². The number of fused-ring (bicyclic) bond motifs is 2. The molecule has 0 bridgehead atoms. The van der Waals surface area contributed by atoms with Crippen molar-refractivity contribution in [1.82, 2.24) is 5.32 Å². The van der Waals surface area contributed by atoms with E-state index < -0.39 is 0 Å². The van der Waals surface area contributed by atoms with Crippen LogP contribution < -0.4 is 5.32 Å². The van der Waals surface area contributed by atoms with E-state index in [0.717, 1.165) is 22.7 Å². The van der Waals surface area contributed by atoms with Gasteiger partial charge < -0.3 is 5.32 Å². The summed E-state index contributed by atoms with van der Waals surface area (Å²) in [5.74, 6) is 0.186. The van der Waals surface area contributed by atoms with Crippen LogP contribution in [0.5, 0.6) is 0 Å². The minimum Gasteiger partial charge on any atom is -0.309 e. The van der Waals surface area contributed by atoms with E-state index in [1.807, 2.05) is 12.1 Å². The molecule has 1 aromatic carbocycles. The number of hydrogen-bond acceptors (Lipinski definition) is 2. The highest BCUT2D eigenvalue weighted by Gasteiger charge is 2.47. The van der Waals surface area contributed by atoms with Crippen molar-refractivity contribution in [2.75, 3.05) is 13.1 Å². The molecular formula is C12H12ClNO. The number of nitrogens with one attached hydrogen (secondary N) is 1. The van der Waals surface area contributed by atoms with Gasteiger partial charge >= 0.3 is 0 Å². The third-order valence-corrected chi connectivity index (χ3v) is 3.69. The molecule has 0 radical (unpaired) electrons. The second-order valence-corrected chi connectivity index (χ2v) is 4.93. The summed E-state index contributed by atoms with van der Waals surface area (Å²) in [5, 5.41) is 3.95. The Kier molecular flexibility index (Phi) is 1.91. The first kappa shape index (κ1) is 9.37. The monoisotopic (exact) mass is 221 g/mol. The van der Waals surface area contributed by atoms with Gasteiger partial charge in [0.05, 0.1) is 6.54 Å². The molecule has 0 saturated heterocycles. The summed E-state index contributed by atoms with van der Waals surface area (Å²) in [6.45, 7) is 1.36. The number of carbonyl (C=O) groups is 1. The number of halogens is 1. The van der Waals surface area contributed by atoms with E-state index in [-0.39, 0.29) is 11.2 Å². The number of carbonyl (C=O) groups excluding carboxylic acids is 1. The highest BCUT2D eigenvalue weighted by atomic mass is 35.5. The van der Waals surface area contributed by atoms with Crippen molar-refractivity contribution in [3.8, 4) is 0 Å². The lowest BCUT2D eigenvalue weighted by molar-refractivity contribution is 0.0994. The van der Waals surface area contributed by atoms with Crippen molar-refractivity contribution >= 4 is 17.4 Å². The molecule has 3 heteroatoms. The van der Waals surface area contributed by atoms with Gasteiger partial charge in [-0.25, -0.2) is 0 Å². The summed E-state index contributed by atoms with van der Waals surface area (Å²) >= 11 is 6.00. The van der Waals surface area contributed by atoms with Crippen LogP contribution in [-0.2, 0) is 5.41 Å². The van der Waals surface area contributed by atoms with Crippen LogP contribution in [0.1, 0.15) is 28.8 Å². The summed E-state index contributed by atoms with van der Waals surface area (Å²) in [4.78, 5) is 11.8. The summed E-state index contributed by atoms with van der Waals surface area (Å²) < 4.78 is 0. The van der Waals surface area contributed by atoms with Crippen molar-refractivity contribution in [2.24, 2.45) is 0 Å². The molecule has 0 aromatic heterocycles. The molecule has 1 fully saturated rings. The fourth-order valence-corrected chi connectivity index (χ4v) is 2.57. The molecule has 15 heavy (non-hydrogen) atoms. The second kappa shape index (κ2) is 3.06. The lowest BCUT2D eigenvalue weighted by atomic mass is 9.91. The van der Waals surface area contributed by atoms with Gasteiger partial charge in [-0.1, -0.05) is 11.6 Å². The van der Waals surface area contributed by atoms with Gasteiger partial charge in [0.1, 0.15) is 0 Å². The van der Waals surface area contributed by atoms with Crippen molar-refractivity contribution in [1.29, 1.82) is 0 Å². The number of benzene rings is 1.